The topological polar surface area (TPSA) is 194 Å². The van der Waals surface area contributed by atoms with E-state index in [0.29, 0.717) is 80.8 Å². The maximum atomic E-state index is 16.0. The lowest BCUT2D eigenvalue weighted by molar-refractivity contribution is -0.221. The molecule has 2 aliphatic carbocycles. The molecule has 2 aromatic heterocycles. The number of aliphatic hydroxyl groups is 1. The summed E-state index contributed by atoms with van der Waals surface area (Å²) in [6, 6.07) is -0.0551. The van der Waals surface area contributed by atoms with Crippen LogP contribution < -0.4 is 21.4 Å². The standard InChI is InChI=1S/C45H49F12N9O7/c1-42(2,44(52,53)54)34(61-40(70)72-27-9-10-27)36(68)60-32(13-22-5-7-23(8-6-22)25-16-58-65(18-25)38(48)49)33(67)21-64(20-29-30(46)14-24(15-31(29)47)26-17-59-66(19-26)39(50)51)63-37(69)35(43(3,4)45(55,56)57)62-41(71)73-28-11-12-28/h5-8,14-19,27-28,32-35,38-39,67H,9-13,20-21H2,1-4H3,(H,60,68)(H,61,70)(H,62,71)(H,63,69)/t32-,33-,34+,35+/m0/s1. The number of carbonyl (C=O) groups excluding carboxylic acids is 4. The highest BCUT2D eigenvalue weighted by Crippen LogP contribution is 2.42. The molecule has 400 valence electrons. The number of hydrogen-bond donors (Lipinski definition) is 5. The molecule has 2 heterocycles. The minimum atomic E-state index is -5.24. The number of alkyl halides is 10. The van der Waals surface area contributed by atoms with Crippen LogP contribution in [-0.2, 0) is 32.0 Å². The van der Waals surface area contributed by atoms with Gasteiger partial charge in [-0.2, -0.15) is 54.1 Å². The molecular formula is C45H49F12N9O7. The zero-order chi connectivity index (χ0) is 54.0. The Hall–Kier alpha value is -6.58. The number of nitrogens with one attached hydrogen (secondary N) is 4. The van der Waals surface area contributed by atoms with Gasteiger partial charge in [-0.1, -0.05) is 24.3 Å². The molecule has 0 saturated heterocycles. The lowest BCUT2D eigenvalue weighted by Crippen LogP contribution is -2.63. The molecule has 4 aromatic rings. The number of benzene rings is 2. The molecule has 4 amide bonds. The second-order valence-corrected chi connectivity index (χ2v) is 18.6. The van der Waals surface area contributed by atoms with E-state index in [9.17, 15) is 68.2 Å². The van der Waals surface area contributed by atoms with Gasteiger partial charge in [0.2, 0.25) is 5.91 Å². The summed E-state index contributed by atoms with van der Waals surface area (Å²) in [6.07, 6.45) is -12.1. The highest BCUT2D eigenvalue weighted by Gasteiger charge is 2.57. The third kappa shape index (κ3) is 13.9. The fourth-order valence-corrected chi connectivity index (χ4v) is 7.11. The van der Waals surface area contributed by atoms with Crippen LogP contribution in [0.1, 0.15) is 77.6 Å². The second kappa shape index (κ2) is 21.9. The van der Waals surface area contributed by atoms with Crippen molar-refractivity contribution in [2.24, 2.45) is 10.8 Å². The summed E-state index contributed by atoms with van der Waals surface area (Å²) in [7, 11) is 0. The van der Waals surface area contributed by atoms with Crippen LogP contribution in [-0.4, -0.2) is 109 Å². The fraction of sp³-hybridized carbons (Fsp3) is 0.511. The third-order valence-electron chi connectivity index (χ3n) is 12.2. The maximum absolute atomic E-state index is 16.0. The Kier molecular flexibility index (Phi) is 16.7. The van der Waals surface area contributed by atoms with Crippen LogP contribution >= 0.6 is 0 Å². The third-order valence-corrected chi connectivity index (χ3v) is 12.2. The van der Waals surface area contributed by atoms with Gasteiger partial charge < -0.3 is 30.5 Å². The number of rotatable bonds is 21. The molecule has 2 aromatic carbocycles. The Morgan fingerprint density at radius 3 is 1.53 bits per heavy atom. The van der Waals surface area contributed by atoms with E-state index >= 15 is 8.78 Å². The van der Waals surface area contributed by atoms with Crippen LogP contribution in [0.4, 0.5) is 62.3 Å². The van der Waals surface area contributed by atoms with E-state index in [0.717, 1.165) is 24.8 Å². The Labute approximate surface area is 407 Å². The molecule has 0 radical (unpaired) electrons. The summed E-state index contributed by atoms with van der Waals surface area (Å²) < 4.78 is 183. The van der Waals surface area contributed by atoms with Crippen LogP contribution in [0.5, 0.6) is 0 Å². The predicted octanol–water partition coefficient (Wildman–Crippen LogP) is 8.10. The summed E-state index contributed by atoms with van der Waals surface area (Å²) in [4.78, 5) is 53.7. The zero-order valence-electron chi connectivity index (χ0n) is 39.0. The average Bonchev–Trinajstić information content (AvgIpc) is 4.17. The lowest BCUT2D eigenvalue weighted by Gasteiger charge is -2.38. The Morgan fingerprint density at radius 2 is 1.12 bits per heavy atom. The minimum absolute atomic E-state index is 0.172. The van der Waals surface area contributed by atoms with E-state index in [4.69, 9.17) is 9.47 Å². The molecule has 0 spiro atoms. The van der Waals surface area contributed by atoms with Crippen molar-refractivity contribution < 1.29 is 86.4 Å². The van der Waals surface area contributed by atoms with Crippen molar-refractivity contribution in [3.05, 3.63) is 83.9 Å². The fourth-order valence-electron chi connectivity index (χ4n) is 7.11. The van der Waals surface area contributed by atoms with E-state index in [2.05, 4.69) is 15.5 Å². The molecule has 16 nitrogen and oxygen atoms in total. The van der Waals surface area contributed by atoms with E-state index in [1.807, 2.05) is 16.1 Å². The first-order chi connectivity index (χ1) is 33.9. The summed E-state index contributed by atoms with van der Waals surface area (Å²) in [5, 5.41) is 25.5. The summed E-state index contributed by atoms with van der Waals surface area (Å²) >= 11 is 0. The van der Waals surface area contributed by atoms with E-state index in [1.165, 1.54) is 24.3 Å². The number of aliphatic hydroxyl groups excluding tert-OH is 1. The summed E-state index contributed by atoms with van der Waals surface area (Å²) in [5.41, 5.74) is -4.93. The number of hydrogen-bond acceptors (Lipinski definition) is 10. The monoisotopic (exact) mass is 1060 g/mol. The summed E-state index contributed by atoms with van der Waals surface area (Å²) in [5.74, 6) is -6.13. The van der Waals surface area contributed by atoms with Crippen LogP contribution in [0.25, 0.3) is 22.3 Å². The van der Waals surface area contributed by atoms with Gasteiger partial charge in [0, 0.05) is 42.2 Å². The SMILES string of the molecule is CC(C)([C@H](NC(=O)OC1CC1)C(=O)N[C@@H](Cc1ccc(-c2cnn(C(F)F)c2)cc1)[C@@H](O)CN(Cc1c(F)cc(-c2cnn(C(F)F)c2)cc1F)NC(=O)[C@@H](NC(=O)OC1CC1)C(C)(C)C(F)(F)F)C(F)(F)F. The number of halogens is 12. The highest BCUT2D eigenvalue weighted by atomic mass is 19.4. The van der Waals surface area contributed by atoms with Gasteiger partial charge >= 0.3 is 37.6 Å². The Bertz CT molecular complexity index is 2580. The average molecular weight is 1060 g/mol. The molecule has 28 heteroatoms. The van der Waals surface area contributed by atoms with E-state index in [1.54, 1.807) is 0 Å². The van der Waals surface area contributed by atoms with Crippen molar-refractivity contribution in [2.45, 2.75) is 128 Å². The molecule has 5 N–H and O–H groups in total. The Morgan fingerprint density at radius 1 is 0.685 bits per heavy atom. The number of nitrogens with zero attached hydrogens (tertiary/aromatic N) is 5. The van der Waals surface area contributed by atoms with Gasteiger partial charge in [0.25, 0.3) is 5.91 Å². The number of amides is 4. The van der Waals surface area contributed by atoms with Crippen molar-refractivity contribution in [3.63, 3.8) is 0 Å². The second-order valence-electron chi connectivity index (χ2n) is 18.6. The van der Waals surface area contributed by atoms with Crippen LogP contribution in [0.3, 0.4) is 0 Å². The van der Waals surface area contributed by atoms with Crippen LogP contribution in [0.15, 0.2) is 61.2 Å². The first-order valence-electron chi connectivity index (χ1n) is 22.3. The first kappa shape index (κ1) is 55.7. The van der Waals surface area contributed by atoms with Crippen molar-refractivity contribution in [1.82, 2.24) is 45.9 Å². The van der Waals surface area contributed by atoms with Crippen molar-refractivity contribution in [3.8, 4) is 22.3 Å². The molecule has 2 aliphatic rings. The van der Waals surface area contributed by atoms with Gasteiger partial charge in [-0.05, 0) is 88.6 Å². The Balaban J connectivity index is 1.38. The lowest BCUT2D eigenvalue weighted by atomic mass is 9.82. The molecule has 0 aliphatic heterocycles. The molecule has 2 saturated carbocycles. The van der Waals surface area contributed by atoms with Gasteiger partial charge in [-0.15, -0.1) is 0 Å². The minimum Gasteiger partial charge on any atom is -0.446 e. The highest BCUT2D eigenvalue weighted by molar-refractivity contribution is 5.87. The van der Waals surface area contributed by atoms with Gasteiger partial charge in [0.1, 0.15) is 35.9 Å². The number of alkyl carbamates (subject to hydrolysis) is 2. The predicted molar refractivity (Wildman–Crippen MR) is 230 cm³/mol. The molecule has 6 rings (SSSR count). The number of hydrazine groups is 1. The summed E-state index contributed by atoms with van der Waals surface area (Å²) in [6.45, 7) is -6.21. The van der Waals surface area contributed by atoms with Crippen molar-refractivity contribution in [1.29, 1.82) is 0 Å². The van der Waals surface area contributed by atoms with Crippen LogP contribution in [0, 0.1) is 22.5 Å². The normalized spacial score (nSPS) is 16.2. The number of carbonyl (C=O) groups is 4. The molecule has 73 heavy (non-hydrogen) atoms. The molecule has 4 atom stereocenters. The van der Waals surface area contributed by atoms with Gasteiger partial charge in [0.05, 0.1) is 35.4 Å². The maximum Gasteiger partial charge on any atom is 0.408 e. The zero-order valence-corrected chi connectivity index (χ0v) is 39.0. The molecule has 2 fully saturated rings. The van der Waals surface area contributed by atoms with E-state index in [-0.39, 0.29) is 26.9 Å². The number of ether oxygens (including phenoxy) is 2. The number of aromatic nitrogens is 4. The van der Waals surface area contributed by atoms with Gasteiger partial charge in [-0.25, -0.2) is 32.7 Å². The van der Waals surface area contributed by atoms with Crippen molar-refractivity contribution >= 4 is 24.0 Å². The molecule has 0 bridgehead atoms. The van der Waals surface area contributed by atoms with Gasteiger partial charge in [-0.3, -0.25) is 15.0 Å². The first-order valence-corrected chi connectivity index (χ1v) is 22.3. The molecule has 0 unspecified atom stereocenters. The van der Waals surface area contributed by atoms with Crippen molar-refractivity contribution in [2.75, 3.05) is 6.54 Å². The smallest absolute Gasteiger partial charge is 0.408 e. The van der Waals surface area contributed by atoms with E-state index < -0.39 is 133 Å². The van der Waals surface area contributed by atoms with Gasteiger partial charge in [0.15, 0.2) is 0 Å². The van der Waals surface area contributed by atoms with Crippen LogP contribution in [0.2, 0.25) is 0 Å². The quantitative estimate of drug-likeness (QED) is 0.0402. The largest absolute Gasteiger partial charge is 0.446 e. The molecular weight excluding hydrogens is 1010 g/mol.